The molecular weight excluding hydrogens is 276 g/mol. The number of carbonyl (C=O) groups is 1. The number of amides is 1. The van der Waals surface area contributed by atoms with Crippen LogP contribution in [0.25, 0.3) is 22.0 Å². The average Bonchev–Trinajstić information content (AvgIpc) is 2.57. The van der Waals surface area contributed by atoms with Gasteiger partial charge in [0.15, 0.2) is 0 Å². The third-order valence-corrected chi connectivity index (χ3v) is 3.80. The van der Waals surface area contributed by atoms with Crippen molar-refractivity contribution in [3.05, 3.63) is 70.5 Å². The van der Waals surface area contributed by atoms with Gasteiger partial charge in [0.1, 0.15) is 0 Å². The highest BCUT2D eigenvalue weighted by atomic mass is 16.1. The monoisotopic (exact) mass is 292 g/mol. The molecule has 0 spiro atoms. The maximum Gasteiger partial charge on any atom is 0.258 e. The topological polar surface area (TPSA) is 51.1 Å². The van der Waals surface area contributed by atoms with Crippen LogP contribution < -0.4 is 10.9 Å². The Bertz CT molecular complexity index is 912. The van der Waals surface area contributed by atoms with Gasteiger partial charge in [-0.1, -0.05) is 36.4 Å². The first-order valence-corrected chi connectivity index (χ1v) is 7.03. The van der Waals surface area contributed by atoms with E-state index in [0.717, 1.165) is 16.6 Å². The molecule has 0 radical (unpaired) electrons. The number of hydrogen-bond donors (Lipinski definition) is 1. The van der Waals surface area contributed by atoms with Crippen molar-refractivity contribution in [2.24, 2.45) is 7.05 Å². The summed E-state index contributed by atoms with van der Waals surface area (Å²) in [5.74, 6) is -0.198. The Morgan fingerprint density at radius 1 is 1.05 bits per heavy atom. The molecule has 0 aliphatic heterocycles. The number of fused-ring (bicyclic) bond motifs is 1. The number of aromatic nitrogens is 1. The molecule has 3 aromatic rings. The van der Waals surface area contributed by atoms with E-state index in [9.17, 15) is 9.59 Å². The highest BCUT2D eigenvalue weighted by Gasteiger charge is 2.11. The summed E-state index contributed by atoms with van der Waals surface area (Å²) < 4.78 is 1.62. The third kappa shape index (κ3) is 2.29. The molecule has 0 atom stereocenters. The molecule has 0 aliphatic carbocycles. The SMILES string of the molecule is CNC(=O)c1ccc2cc(-c3ccccc3)n(C)c(=O)c2c1. The van der Waals surface area contributed by atoms with Crippen molar-refractivity contribution >= 4 is 16.7 Å². The van der Waals surface area contributed by atoms with Gasteiger partial charge in [-0.15, -0.1) is 0 Å². The van der Waals surface area contributed by atoms with E-state index in [1.165, 1.54) is 0 Å². The summed E-state index contributed by atoms with van der Waals surface area (Å²) in [5, 5.41) is 3.94. The van der Waals surface area contributed by atoms with Gasteiger partial charge in [0.2, 0.25) is 0 Å². The molecule has 0 saturated carbocycles. The summed E-state index contributed by atoms with van der Waals surface area (Å²) in [6.07, 6.45) is 0. The molecule has 0 bridgehead atoms. The molecule has 1 heterocycles. The van der Waals surface area contributed by atoms with Crippen LogP contribution in [-0.4, -0.2) is 17.5 Å². The fourth-order valence-corrected chi connectivity index (χ4v) is 2.57. The first kappa shape index (κ1) is 14.1. The minimum atomic E-state index is -0.198. The lowest BCUT2D eigenvalue weighted by Crippen LogP contribution is -2.21. The van der Waals surface area contributed by atoms with E-state index in [2.05, 4.69) is 5.32 Å². The summed E-state index contributed by atoms with van der Waals surface area (Å²) in [4.78, 5) is 24.3. The number of pyridine rings is 1. The van der Waals surface area contributed by atoms with E-state index in [1.807, 2.05) is 42.5 Å². The second kappa shape index (κ2) is 5.48. The Morgan fingerprint density at radius 3 is 2.45 bits per heavy atom. The van der Waals surface area contributed by atoms with E-state index >= 15 is 0 Å². The molecule has 0 saturated heterocycles. The minimum Gasteiger partial charge on any atom is -0.355 e. The molecule has 0 unspecified atom stereocenters. The Labute approximate surface area is 128 Å². The van der Waals surface area contributed by atoms with Gasteiger partial charge in [-0.2, -0.15) is 0 Å². The second-order valence-corrected chi connectivity index (χ2v) is 5.14. The van der Waals surface area contributed by atoms with Crippen LogP contribution in [0, 0.1) is 0 Å². The zero-order valence-electron chi connectivity index (χ0n) is 12.5. The molecule has 1 aromatic heterocycles. The second-order valence-electron chi connectivity index (χ2n) is 5.14. The number of nitrogens with zero attached hydrogens (tertiary/aromatic N) is 1. The zero-order chi connectivity index (χ0) is 15.7. The van der Waals surface area contributed by atoms with Crippen LogP contribution in [0.2, 0.25) is 0 Å². The van der Waals surface area contributed by atoms with Crippen LogP contribution >= 0.6 is 0 Å². The number of carbonyl (C=O) groups excluding carboxylic acids is 1. The molecule has 4 heteroatoms. The fraction of sp³-hybridized carbons (Fsp3) is 0.111. The van der Waals surface area contributed by atoms with E-state index in [1.54, 1.807) is 30.8 Å². The highest BCUT2D eigenvalue weighted by Crippen LogP contribution is 2.22. The maximum atomic E-state index is 12.6. The summed E-state index contributed by atoms with van der Waals surface area (Å²) in [5.41, 5.74) is 2.21. The Balaban J connectivity index is 2.27. The maximum absolute atomic E-state index is 12.6. The van der Waals surface area contributed by atoms with Gasteiger partial charge >= 0.3 is 0 Å². The van der Waals surface area contributed by atoms with Gasteiger partial charge in [0, 0.05) is 25.0 Å². The van der Waals surface area contributed by atoms with Crippen molar-refractivity contribution < 1.29 is 4.79 Å². The Hall–Kier alpha value is -2.88. The molecular formula is C18H16N2O2. The third-order valence-electron chi connectivity index (χ3n) is 3.80. The molecule has 2 aromatic carbocycles. The molecule has 22 heavy (non-hydrogen) atoms. The van der Waals surface area contributed by atoms with Crippen LogP contribution in [0.1, 0.15) is 10.4 Å². The van der Waals surface area contributed by atoms with Crippen molar-refractivity contribution in [3.63, 3.8) is 0 Å². The highest BCUT2D eigenvalue weighted by molar-refractivity contribution is 5.98. The van der Waals surface area contributed by atoms with E-state index in [0.29, 0.717) is 10.9 Å². The minimum absolute atomic E-state index is 0.109. The largest absolute Gasteiger partial charge is 0.355 e. The van der Waals surface area contributed by atoms with Crippen LogP contribution in [0.5, 0.6) is 0 Å². The molecule has 0 aliphatic rings. The first-order valence-electron chi connectivity index (χ1n) is 7.03. The molecule has 1 amide bonds. The predicted octanol–water partition coefficient (Wildman–Crippen LogP) is 2.57. The Kier molecular flexibility index (Phi) is 3.51. The normalized spacial score (nSPS) is 10.6. The van der Waals surface area contributed by atoms with E-state index < -0.39 is 0 Å². The van der Waals surface area contributed by atoms with Gasteiger partial charge in [0.05, 0.1) is 5.69 Å². The van der Waals surface area contributed by atoms with E-state index in [-0.39, 0.29) is 11.5 Å². The van der Waals surface area contributed by atoms with Gasteiger partial charge in [-0.25, -0.2) is 0 Å². The van der Waals surface area contributed by atoms with Gasteiger partial charge < -0.3 is 9.88 Å². The standard InChI is InChI=1S/C18H16N2O2/c1-19-17(21)14-9-8-13-11-16(12-6-4-3-5-7-12)20(2)18(22)15(13)10-14/h3-11H,1-2H3,(H,19,21). The number of rotatable bonds is 2. The summed E-state index contributed by atoms with van der Waals surface area (Å²) in [6.45, 7) is 0. The van der Waals surface area contributed by atoms with Gasteiger partial charge in [0.25, 0.3) is 11.5 Å². The number of hydrogen-bond acceptors (Lipinski definition) is 2. The van der Waals surface area contributed by atoms with Crippen LogP contribution in [0.3, 0.4) is 0 Å². The quantitative estimate of drug-likeness (QED) is 0.789. The number of nitrogens with one attached hydrogen (secondary N) is 1. The van der Waals surface area contributed by atoms with Crippen LogP contribution in [-0.2, 0) is 7.05 Å². The summed E-state index contributed by atoms with van der Waals surface area (Å²) in [7, 11) is 3.32. The Morgan fingerprint density at radius 2 is 1.77 bits per heavy atom. The van der Waals surface area contributed by atoms with Crippen molar-refractivity contribution in [2.75, 3.05) is 7.05 Å². The van der Waals surface area contributed by atoms with Crippen molar-refractivity contribution in [1.82, 2.24) is 9.88 Å². The van der Waals surface area contributed by atoms with Crippen molar-refractivity contribution in [2.45, 2.75) is 0 Å². The van der Waals surface area contributed by atoms with Gasteiger partial charge in [-0.05, 0) is 29.1 Å². The summed E-state index contributed by atoms with van der Waals surface area (Å²) >= 11 is 0. The molecule has 4 nitrogen and oxygen atoms in total. The average molecular weight is 292 g/mol. The lowest BCUT2D eigenvalue weighted by Gasteiger charge is -2.11. The van der Waals surface area contributed by atoms with Gasteiger partial charge in [-0.3, -0.25) is 9.59 Å². The summed E-state index contributed by atoms with van der Waals surface area (Å²) in [6, 6.07) is 16.9. The zero-order valence-corrected chi connectivity index (χ0v) is 12.5. The fourth-order valence-electron chi connectivity index (χ4n) is 2.57. The van der Waals surface area contributed by atoms with Crippen LogP contribution in [0.4, 0.5) is 0 Å². The molecule has 1 N–H and O–H groups in total. The van der Waals surface area contributed by atoms with Crippen molar-refractivity contribution in [1.29, 1.82) is 0 Å². The van der Waals surface area contributed by atoms with E-state index in [4.69, 9.17) is 0 Å². The first-order chi connectivity index (χ1) is 10.6. The lowest BCUT2D eigenvalue weighted by atomic mass is 10.0. The smallest absolute Gasteiger partial charge is 0.258 e. The lowest BCUT2D eigenvalue weighted by molar-refractivity contribution is 0.0963. The van der Waals surface area contributed by atoms with Crippen molar-refractivity contribution in [3.8, 4) is 11.3 Å². The predicted molar refractivity (Wildman–Crippen MR) is 88.0 cm³/mol. The molecule has 110 valence electrons. The molecule has 3 rings (SSSR count). The number of benzene rings is 2. The molecule has 0 fully saturated rings. The van der Waals surface area contributed by atoms with Crippen LogP contribution in [0.15, 0.2) is 59.4 Å².